The molecule has 0 radical (unpaired) electrons. The molecule has 0 amide bonds. The topological polar surface area (TPSA) is 0 Å². The second kappa shape index (κ2) is 3.85. The molecule has 0 bridgehead atoms. The zero-order chi connectivity index (χ0) is 9.99. The van der Waals surface area contributed by atoms with Crippen LogP contribution in [0.3, 0.4) is 0 Å². The third kappa shape index (κ3) is 5.68. The molecular weight excluding hydrogens is 143 g/mol. The highest BCUT2D eigenvalue weighted by Gasteiger charge is 2.21. The lowest BCUT2D eigenvalue weighted by molar-refractivity contribution is 0.302. The van der Waals surface area contributed by atoms with E-state index in [2.05, 4.69) is 49.4 Å². The first kappa shape index (κ1) is 12.1. The van der Waals surface area contributed by atoms with Crippen molar-refractivity contribution in [2.75, 3.05) is 0 Å². The van der Waals surface area contributed by atoms with Crippen LogP contribution in [0, 0.1) is 10.8 Å². The van der Waals surface area contributed by atoms with Gasteiger partial charge in [0.15, 0.2) is 0 Å². The normalized spacial score (nSPS) is 16.2. The molecule has 0 aromatic carbocycles. The van der Waals surface area contributed by atoms with Gasteiger partial charge in [0.1, 0.15) is 7.85 Å². The van der Waals surface area contributed by atoms with Gasteiger partial charge in [-0.15, -0.1) is 0 Å². The van der Waals surface area contributed by atoms with Gasteiger partial charge in [-0.2, -0.15) is 0 Å². The minimum absolute atomic E-state index is 0.477. The lowest BCUT2D eigenvalue weighted by Gasteiger charge is -2.30. The molecule has 0 aliphatic heterocycles. The van der Waals surface area contributed by atoms with Crippen molar-refractivity contribution in [2.24, 2.45) is 10.8 Å². The Bertz CT molecular complexity index is 125. The highest BCUT2D eigenvalue weighted by atomic mass is 14.2. The summed E-state index contributed by atoms with van der Waals surface area (Å²) in [6.45, 7) is 14.0. The van der Waals surface area contributed by atoms with Crippen LogP contribution >= 0.6 is 0 Å². The summed E-state index contributed by atoms with van der Waals surface area (Å²) in [5, 5.41) is 0. The molecule has 0 nitrogen and oxygen atoms in total. The second-order valence-corrected chi connectivity index (χ2v) is 6.37. The predicted molar refractivity (Wildman–Crippen MR) is 60.4 cm³/mol. The molecule has 0 spiro atoms. The third-order valence-electron chi connectivity index (χ3n) is 2.81. The molecule has 0 heterocycles. The van der Waals surface area contributed by atoms with Crippen LogP contribution in [0.2, 0.25) is 5.82 Å². The fourth-order valence-electron chi connectivity index (χ4n) is 1.08. The SMILES string of the molecule is BC(CCC(C)(C)C)C(C)(C)C. The average molecular weight is 168 g/mol. The first-order chi connectivity index (χ1) is 5.13. The van der Waals surface area contributed by atoms with Crippen LogP contribution in [0.5, 0.6) is 0 Å². The van der Waals surface area contributed by atoms with Gasteiger partial charge in [-0.05, 0) is 17.3 Å². The smallest absolute Gasteiger partial charge is 0.0649 e. The Morgan fingerprint density at radius 3 is 1.67 bits per heavy atom. The molecule has 0 saturated carbocycles. The van der Waals surface area contributed by atoms with Crippen molar-refractivity contribution >= 4 is 7.85 Å². The van der Waals surface area contributed by atoms with E-state index in [0.717, 1.165) is 5.82 Å². The molecule has 1 unspecified atom stereocenters. The molecule has 1 atom stereocenters. The molecule has 12 heavy (non-hydrogen) atoms. The van der Waals surface area contributed by atoms with Crippen molar-refractivity contribution in [3.8, 4) is 0 Å². The molecule has 0 aliphatic rings. The fraction of sp³-hybridized carbons (Fsp3) is 1.00. The molecule has 0 aromatic heterocycles. The third-order valence-corrected chi connectivity index (χ3v) is 2.81. The van der Waals surface area contributed by atoms with Gasteiger partial charge >= 0.3 is 0 Å². The zero-order valence-electron chi connectivity index (χ0n) is 9.99. The molecule has 0 fully saturated rings. The zero-order valence-corrected chi connectivity index (χ0v) is 9.99. The van der Waals surface area contributed by atoms with E-state index in [1.54, 1.807) is 0 Å². The largest absolute Gasteiger partial charge is 0.106 e. The number of hydrogen-bond acceptors (Lipinski definition) is 0. The van der Waals surface area contributed by atoms with Crippen molar-refractivity contribution < 1.29 is 0 Å². The molecule has 0 aliphatic carbocycles. The maximum atomic E-state index is 2.37. The van der Waals surface area contributed by atoms with Gasteiger partial charge in [-0.1, -0.05) is 53.8 Å². The average Bonchev–Trinajstić information content (AvgIpc) is 1.78. The van der Waals surface area contributed by atoms with Crippen LogP contribution in [0.15, 0.2) is 0 Å². The van der Waals surface area contributed by atoms with E-state index in [-0.39, 0.29) is 0 Å². The summed E-state index contributed by atoms with van der Waals surface area (Å²) in [6, 6.07) is 0. The Morgan fingerprint density at radius 2 is 1.42 bits per heavy atom. The Hall–Kier alpha value is 0.0649. The summed E-state index contributed by atoms with van der Waals surface area (Å²) in [7, 11) is 2.37. The van der Waals surface area contributed by atoms with Gasteiger partial charge < -0.3 is 0 Å². The summed E-state index contributed by atoms with van der Waals surface area (Å²) in [6.07, 6.45) is 2.69. The van der Waals surface area contributed by atoms with E-state index in [1.807, 2.05) is 0 Å². The highest BCUT2D eigenvalue weighted by molar-refractivity contribution is 6.12. The van der Waals surface area contributed by atoms with Gasteiger partial charge in [-0.3, -0.25) is 0 Å². The van der Waals surface area contributed by atoms with Gasteiger partial charge in [0.2, 0.25) is 0 Å². The molecule has 0 N–H and O–H groups in total. The quantitative estimate of drug-likeness (QED) is 0.555. The van der Waals surface area contributed by atoms with E-state index >= 15 is 0 Å². The summed E-state index contributed by atoms with van der Waals surface area (Å²) in [4.78, 5) is 0. The Morgan fingerprint density at radius 1 is 1.00 bits per heavy atom. The first-order valence-corrected chi connectivity index (χ1v) is 5.13. The fourth-order valence-corrected chi connectivity index (χ4v) is 1.08. The van der Waals surface area contributed by atoms with Gasteiger partial charge in [0, 0.05) is 0 Å². The van der Waals surface area contributed by atoms with Crippen LogP contribution in [-0.2, 0) is 0 Å². The van der Waals surface area contributed by atoms with Crippen LogP contribution in [0.1, 0.15) is 54.4 Å². The summed E-state index contributed by atoms with van der Waals surface area (Å²) >= 11 is 0. The van der Waals surface area contributed by atoms with Crippen LogP contribution < -0.4 is 0 Å². The van der Waals surface area contributed by atoms with Crippen LogP contribution in [0.4, 0.5) is 0 Å². The van der Waals surface area contributed by atoms with Crippen LogP contribution in [0.25, 0.3) is 0 Å². The summed E-state index contributed by atoms with van der Waals surface area (Å²) in [5.41, 5.74) is 0.977. The van der Waals surface area contributed by atoms with Crippen molar-refractivity contribution in [1.29, 1.82) is 0 Å². The van der Waals surface area contributed by atoms with Crippen molar-refractivity contribution in [3.05, 3.63) is 0 Å². The highest BCUT2D eigenvalue weighted by Crippen LogP contribution is 2.35. The lowest BCUT2D eigenvalue weighted by Crippen LogP contribution is -2.17. The molecule has 1 heteroatoms. The Kier molecular flexibility index (Phi) is 3.87. The standard InChI is InChI=1S/C11H25B/c1-10(2,3)8-7-9(12)11(4,5)6/h9H,7-8,12H2,1-6H3. The maximum absolute atomic E-state index is 2.37. The Balaban J connectivity index is 3.80. The maximum Gasteiger partial charge on any atom is 0.106 e. The van der Waals surface area contributed by atoms with E-state index in [9.17, 15) is 0 Å². The van der Waals surface area contributed by atoms with Gasteiger partial charge in [-0.25, -0.2) is 0 Å². The first-order valence-electron chi connectivity index (χ1n) is 5.13. The molecule has 0 saturated heterocycles. The van der Waals surface area contributed by atoms with E-state index in [1.165, 1.54) is 12.8 Å². The van der Waals surface area contributed by atoms with E-state index in [0.29, 0.717) is 10.8 Å². The number of hydrogen-bond donors (Lipinski definition) is 0. The molecule has 0 rings (SSSR count). The van der Waals surface area contributed by atoms with Crippen molar-refractivity contribution in [3.63, 3.8) is 0 Å². The Labute approximate surface area is 79.5 Å². The number of rotatable bonds is 2. The van der Waals surface area contributed by atoms with Gasteiger partial charge in [0.05, 0.1) is 0 Å². The van der Waals surface area contributed by atoms with Crippen LogP contribution in [-0.4, -0.2) is 7.85 Å². The summed E-state index contributed by atoms with van der Waals surface area (Å²) < 4.78 is 0. The minimum Gasteiger partial charge on any atom is -0.0649 e. The molecular formula is C11H25B. The van der Waals surface area contributed by atoms with E-state index < -0.39 is 0 Å². The van der Waals surface area contributed by atoms with Gasteiger partial charge in [0.25, 0.3) is 0 Å². The summed E-state index contributed by atoms with van der Waals surface area (Å²) in [5.74, 6) is 0.830. The lowest BCUT2D eigenvalue weighted by atomic mass is 9.65. The second-order valence-electron chi connectivity index (χ2n) is 6.37. The molecule has 72 valence electrons. The predicted octanol–water partition coefficient (Wildman–Crippen LogP) is 3.28. The van der Waals surface area contributed by atoms with E-state index in [4.69, 9.17) is 0 Å². The van der Waals surface area contributed by atoms with Crippen molar-refractivity contribution in [1.82, 2.24) is 0 Å². The monoisotopic (exact) mass is 168 g/mol. The molecule has 0 aromatic rings. The minimum atomic E-state index is 0.477. The van der Waals surface area contributed by atoms with Crippen molar-refractivity contribution in [2.45, 2.75) is 60.2 Å².